The molecule has 0 spiro atoms. The van der Waals surface area contributed by atoms with Gasteiger partial charge in [-0.1, -0.05) is 193 Å². The van der Waals surface area contributed by atoms with Crippen LogP contribution in [0.1, 0.15) is 188 Å². The summed E-state index contributed by atoms with van der Waals surface area (Å²) >= 11 is 0. The first kappa shape index (κ1) is 67.6. The fourth-order valence-electron chi connectivity index (χ4n) is 6.52. The Hall–Kier alpha value is -4.38. The first-order valence-corrected chi connectivity index (χ1v) is 28.6. The van der Waals surface area contributed by atoms with Gasteiger partial charge in [0.1, 0.15) is 12.7 Å². The smallest absolute Gasteiger partial charge is 0.462 e. The number of esters is 3. The van der Waals surface area contributed by atoms with Crippen molar-refractivity contribution in [3.05, 3.63) is 134 Å². The lowest BCUT2D eigenvalue weighted by Gasteiger charge is -2.21. The molecule has 0 heterocycles. The maximum Gasteiger partial charge on any atom is 0.472 e. The van der Waals surface area contributed by atoms with E-state index < -0.39 is 64.4 Å². The van der Waals surface area contributed by atoms with Crippen molar-refractivity contribution >= 4 is 25.7 Å². The largest absolute Gasteiger partial charge is 0.472 e. The zero-order valence-electron chi connectivity index (χ0n) is 44.6. The van der Waals surface area contributed by atoms with Crippen LogP contribution in [0.15, 0.2) is 134 Å². The molecule has 11 nitrogen and oxygen atoms in total. The highest BCUT2D eigenvalue weighted by atomic mass is 31.2. The Labute approximate surface area is 436 Å². The number of hydrogen-bond donors (Lipinski definition) is 2. The Bertz CT molecular complexity index is 1710. The molecule has 0 bridgehead atoms. The van der Waals surface area contributed by atoms with Crippen LogP contribution in [0.3, 0.4) is 0 Å². The number of phosphoric ester groups is 1. The Morgan fingerprint density at radius 3 is 1.22 bits per heavy atom. The van der Waals surface area contributed by atoms with Gasteiger partial charge < -0.3 is 24.2 Å². The van der Waals surface area contributed by atoms with E-state index in [0.29, 0.717) is 19.3 Å². The van der Waals surface area contributed by atoms with Gasteiger partial charge in [-0.3, -0.25) is 23.4 Å². The number of ether oxygens (including phenoxy) is 3. The molecule has 12 heteroatoms. The molecule has 0 aliphatic rings. The van der Waals surface area contributed by atoms with Crippen LogP contribution in [0.4, 0.5) is 0 Å². The molecule has 0 rings (SSSR count). The molecule has 406 valence electrons. The first-order valence-electron chi connectivity index (χ1n) is 27.1. The Morgan fingerprint density at radius 2 is 0.778 bits per heavy atom. The zero-order valence-corrected chi connectivity index (χ0v) is 45.5. The van der Waals surface area contributed by atoms with Gasteiger partial charge >= 0.3 is 25.7 Å². The zero-order chi connectivity index (χ0) is 52.7. The standard InChI is InChI=1S/C60H95O11P/c1-4-7-10-13-16-19-22-25-27-28-30-32-34-37-40-43-46-49-58(62)67-53-57(71-60(64)51-48-45-42-39-36-33-29-26-23-20-17-14-11-8-5-2)55-69-72(65,66)68-54-56(52-61)70-59(63)50-47-44-41-38-35-31-24-21-18-15-12-9-6-3/h7-8,10-12,15-17,19-21,24-27,29-30,32,36,39,45,48,56-57,61H,4-6,9,13-14,18,22-23,28,31,33-35,37-38,40-44,46-47,49-55H2,1-3H3,(H,65,66)/b10-7-,11-8-,15-12-,19-16-,20-17-,24-21-,27-25-,29-26-,32-30-,39-36-,48-45-. The van der Waals surface area contributed by atoms with Gasteiger partial charge in [-0.25, -0.2) is 4.57 Å². The molecule has 0 saturated carbocycles. The third kappa shape index (κ3) is 50.6. The summed E-state index contributed by atoms with van der Waals surface area (Å²) in [4.78, 5) is 48.4. The second-order valence-electron chi connectivity index (χ2n) is 17.3. The summed E-state index contributed by atoms with van der Waals surface area (Å²) < 4.78 is 39.2. The minimum Gasteiger partial charge on any atom is -0.462 e. The third-order valence-electron chi connectivity index (χ3n) is 10.6. The van der Waals surface area contributed by atoms with E-state index in [1.807, 2.05) is 18.2 Å². The summed E-state index contributed by atoms with van der Waals surface area (Å²) in [5, 5.41) is 9.79. The van der Waals surface area contributed by atoms with Gasteiger partial charge in [-0.2, -0.15) is 0 Å². The van der Waals surface area contributed by atoms with E-state index in [2.05, 4.69) is 130 Å². The molecule has 0 radical (unpaired) electrons. The third-order valence-corrected chi connectivity index (χ3v) is 11.5. The van der Waals surface area contributed by atoms with E-state index >= 15 is 0 Å². The molecular formula is C60H95O11P. The predicted molar refractivity (Wildman–Crippen MR) is 297 cm³/mol. The summed E-state index contributed by atoms with van der Waals surface area (Å²) in [5.41, 5.74) is 0. The van der Waals surface area contributed by atoms with Gasteiger partial charge in [0, 0.05) is 12.8 Å². The van der Waals surface area contributed by atoms with Crippen molar-refractivity contribution in [2.75, 3.05) is 26.4 Å². The molecule has 0 fully saturated rings. The first-order chi connectivity index (χ1) is 35.2. The highest BCUT2D eigenvalue weighted by Crippen LogP contribution is 2.43. The number of carbonyl (C=O) groups excluding carboxylic acids is 3. The van der Waals surface area contributed by atoms with Crippen LogP contribution in [0.2, 0.25) is 0 Å². The fraction of sp³-hybridized carbons (Fsp3) is 0.583. The Kier molecular flexibility index (Phi) is 49.7. The van der Waals surface area contributed by atoms with Gasteiger partial charge in [0.05, 0.1) is 26.2 Å². The molecule has 0 aromatic carbocycles. The van der Waals surface area contributed by atoms with Gasteiger partial charge in [-0.15, -0.1) is 0 Å². The van der Waals surface area contributed by atoms with E-state index in [-0.39, 0.29) is 19.3 Å². The molecule has 0 saturated heterocycles. The lowest BCUT2D eigenvalue weighted by atomic mass is 10.1. The molecule has 2 N–H and O–H groups in total. The minimum atomic E-state index is -4.79. The number of hydrogen-bond acceptors (Lipinski definition) is 10. The Morgan fingerprint density at radius 1 is 0.417 bits per heavy atom. The summed E-state index contributed by atoms with van der Waals surface area (Å²) in [6.07, 6.45) is 65.9. The summed E-state index contributed by atoms with van der Waals surface area (Å²) in [6.45, 7) is 4.16. The highest BCUT2D eigenvalue weighted by molar-refractivity contribution is 7.47. The highest BCUT2D eigenvalue weighted by Gasteiger charge is 2.28. The van der Waals surface area contributed by atoms with Crippen molar-refractivity contribution < 1.29 is 52.2 Å². The second kappa shape index (κ2) is 52.9. The molecule has 0 aliphatic carbocycles. The molecule has 3 atom stereocenters. The summed E-state index contributed by atoms with van der Waals surface area (Å²) in [6, 6.07) is 0. The van der Waals surface area contributed by atoms with Gasteiger partial charge in [0.25, 0.3) is 0 Å². The van der Waals surface area contributed by atoms with Gasteiger partial charge in [0.15, 0.2) is 6.10 Å². The van der Waals surface area contributed by atoms with Crippen molar-refractivity contribution in [1.29, 1.82) is 0 Å². The lowest BCUT2D eigenvalue weighted by molar-refractivity contribution is -0.160. The normalized spacial score (nSPS) is 14.5. The lowest BCUT2D eigenvalue weighted by Crippen LogP contribution is -2.30. The monoisotopic (exact) mass is 1020 g/mol. The topological polar surface area (TPSA) is 155 Å². The van der Waals surface area contributed by atoms with Crippen LogP contribution in [0, 0.1) is 0 Å². The fourth-order valence-corrected chi connectivity index (χ4v) is 7.30. The van der Waals surface area contributed by atoms with Crippen molar-refractivity contribution in [3.63, 3.8) is 0 Å². The number of unbranched alkanes of at least 4 members (excludes halogenated alkanes) is 10. The van der Waals surface area contributed by atoms with Crippen LogP contribution in [-0.4, -0.2) is 66.5 Å². The number of allylic oxidation sites excluding steroid dienone is 21. The van der Waals surface area contributed by atoms with Crippen molar-refractivity contribution in [1.82, 2.24) is 0 Å². The molecule has 72 heavy (non-hydrogen) atoms. The number of aliphatic hydroxyl groups is 1. The average Bonchev–Trinajstić information content (AvgIpc) is 3.37. The SMILES string of the molecule is CC/C=C\C/C=C\C/C=C\C/C=C\C/C=C\CC(=O)OC(COC(=O)CCCCCC/C=C\C/C=C\C/C=C\C/C=C\CC)COP(=O)(O)OCC(CO)OC(=O)CCCCCCC/C=C\C/C=C\CCC. The number of aliphatic hydroxyl groups excluding tert-OH is 1. The number of rotatable bonds is 48. The molecule has 0 aromatic rings. The van der Waals surface area contributed by atoms with Gasteiger partial charge in [-0.05, 0) is 109 Å². The molecule has 0 amide bonds. The minimum absolute atomic E-state index is 0.0786. The average molecular weight is 1020 g/mol. The van der Waals surface area contributed by atoms with Crippen LogP contribution in [-0.2, 0) is 42.2 Å². The van der Waals surface area contributed by atoms with Crippen molar-refractivity contribution in [2.45, 2.75) is 200 Å². The van der Waals surface area contributed by atoms with E-state index in [1.54, 1.807) is 6.08 Å². The van der Waals surface area contributed by atoms with Crippen molar-refractivity contribution in [3.8, 4) is 0 Å². The molecular weight excluding hydrogens is 928 g/mol. The summed E-state index contributed by atoms with van der Waals surface area (Å²) in [7, 11) is -4.79. The molecule has 0 aliphatic heterocycles. The maximum atomic E-state index is 12.9. The molecule has 3 unspecified atom stereocenters. The van der Waals surface area contributed by atoms with E-state index in [1.165, 1.54) is 0 Å². The van der Waals surface area contributed by atoms with Crippen LogP contribution in [0.25, 0.3) is 0 Å². The van der Waals surface area contributed by atoms with E-state index in [4.69, 9.17) is 23.3 Å². The maximum absolute atomic E-state index is 12.9. The van der Waals surface area contributed by atoms with Crippen LogP contribution >= 0.6 is 7.82 Å². The number of carbonyl (C=O) groups is 3. The second-order valence-corrected chi connectivity index (χ2v) is 18.7. The van der Waals surface area contributed by atoms with E-state index in [9.17, 15) is 28.9 Å². The van der Waals surface area contributed by atoms with Crippen LogP contribution < -0.4 is 0 Å². The summed E-state index contributed by atoms with van der Waals surface area (Å²) in [5.74, 6) is -1.68. The van der Waals surface area contributed by atoms with Crippen LogP contribution in [0.5, 0.6) is 0 Å². The number of phosphoric acid groups is 1. The van der Waals surface area contributed by atoms with Crippen molar-refractivity contribution in [2.24, 2.45) is 0 Å². The molecule has 0 aromatic heterocycles. The van der Waals surface area contributed by atoms with Gasteiger partial charge in [0.2, 0.25) is 0 Å². The quantitative estimate of drug-likeness (QED) is 0.0197. The Balaban J connectivity index is 4.92. The van der Waals surface area contributed by atoms with E-state index in [0.717, 1.165) is 128 Å². The predicted octanol–water partition coefficient (Wildman–Crippen LogP) is 15.8.